The van der Waals surface area contributed by atoms with Crippen molar-refractivity contribution in [1.29, 1.82) is 0 Å². The van der Waals surface area contributed by atoms with Crippen LogP contribution in [-0.2, 0) is 0 Å². The molecule has 5 aromatic rings. The lowest BCUT2D eigenvalue weighted by molar-refractivity contribution is 1.50. The Hall–Kier alpha value is -4.42. The molecule has 0 aliphatic rings. The molecule has 0 saturated carbocycles. The molecule has 5 rings (SSSR count). The van der Waals surface area contributed by atoms with Crippen LogP contribution in [0, 0.1) is 0 Å². The summed E-state index contributed by atoms with van der Waals surface area (Å²) >= 11 is 0. The fourth-order valence-electron chi connectivity index (χ4n) is 4.98. The minimum Gasteiger partial charge on any atom is -0.0871 e. The summed E-state index contributed by atoms with van der Waals surface area (Å²) in [6.07, 6.45) is 6.60. The van der Waals surface area contributed by atoms with Crippen molar-refractivity contribution in [3.05, 3.63) is 151 Å². The van der Waals surface area contributed by atoms with E-state index in [4.69, 9.17) is 0 Å². The van der Waals surface area contributed by atoms with E-state index in [0.29, 0.717) is 0 Å². The Bertz CT molecular complexity index is 1390. The van der Waals surface area contributed by atoms with Crippen molar-refractivity contribution >= 4 is 5.57 Å². The summed E-state index contributed by atoms with van der Waals surface area (Å²) < 4.78 is 0. The van der Waals surface area contributed by atoms with E-state index in [1.165, 1.54) is 55.6 Å². The average molecular weight is 463 g/mol. The lowest BCUT2D eigenvalue weighted by Gasteiger charge is -2.25. The van der Waals surface area contributed by atoms with E-state index in [9.17, 15) is 0 Å². The smallest absolute Gasteiger partial charge is 0.00177 e. The van der Waals surface area contributed by atoms with Gasteiger partial charge in [-0.15, -0.1) is 0 Å². The molecule has 0 amide bonds. The molecule has 0 nitrogen and oxygen atoms in total. The molecule has 0 aliphatic carbocycles. The van der Waals surface area contributed by atoms with Gasteiger partial charge in [0.2, 0.25) is 0 Å². The second-order valence-corrected chi connectivity index (χ2v) is 8.80. The average Bonchev–Trinajstić information content (AvgIpc) is 2.96. The molecule has 0 aromatic heterocycles. The first-order chi connectivity index (χ1) is 17.8. The SMILES string of the molecule is C/C=C\C(=C/C)c1c(-c2ccccc2)c(-c2ccccc2)cc(-c2ccccc2)c1-c1ccccc1. The second kappa shape index (κ2) is 10.9. The van der Waals surface area contributed by atoms with Crippen LogP contribution in [0.3, 0.4) is 0 Å². The number of rotatable bonds is 6. The molecule has 36 heavy (non-hydrogen) atoms. The number of benzene rings is 5. The second-order valence-electron chi connectivity index (χ2n) is 8.80. The first-order valence-electron chi connectivity index (χ1n) is 12.5. The summed E-state index contributed by atoms with van der Waals surface area (Å²) in [5.41, 5.74) is 12.3. The largest absolute Gasteiger partial charge is 0.0871 e. The normalized spacial score (nSPS) is 11.7. The molecule has 0 heteroatoms. The number of hydrogen-bond donors (Lipinski definition) is 0. The van der Waals surface area contributed by atoms with Gasteiger partial charge in [-0.25, -0.2) is 0 Å². The first-order valence-corrected chi connectivity index (χ1v) is 12.5. The molecule has 174 valence electrons. The van der Waals surface area contributed by atoms with Crippen molar-refractivity contribution in [2.24, 2.45) is 0 Å². The molecule has 0 aliphatic heterocycles. The van der Waals surface area contributed by atoms with E-state index < -0.39 is 0 Å². The van der Waals surface area contributed by atoms with Crippen LogP contribution in [0.2, 0.25) is 0 Å². The van der Waals surface area contributed by atoms with Gasteiger partial charge in [-0.2, -0.15) is 0 Å². The molecule has 0 atom stereocenters. The Morgan fingerprint density at radius 1 is 0.472 bits per heavy atom. The molecule has 0 spiro atoms. The van der Waals surface area contributed by atoms with Crippen LogP contribution in [0.25, 0.3) is 50.1 Å². The molecular weight excluding hydrogens is 432 g/mol. The fraction of sp³-hybridized carbons (Fsp3) is 0.0556. The van der Waals surface area contributed by atoms with Crippen LogP contribution in [0.5, 0.6) is 0 Å². The van der Waals surface area contributed by atoms with Crippen LogP contribution < -0.4 is 0 Å². The van der Waals surface area contributed by atoms with Gasteiger partial charge >= 0.3 is 0 Å². The third-order valence-corrected chi connectivity index (χ3v) is 6.57. The fourth-order valence-corrected chi connectivity index (χ4v) is 4.98. The van der Waals surface area contributed by atoms with Crippen molar-refractivity contribution in [3.63, 3.8) is 0 Å². The molecule has 0 N–H and O–H groups in total. The summed E-state index contributed by atoms with van der Waals surface area (Å²) in [6.45, 7) is 4.23. The van der Waals surface area contributed by atoms with Gasteiger partial charge in [-0.3, -0.25) is 0 Å². The minimum absolute atomic E-state index is 1.21. The summed E-state index contributed by atoms with van der Waals surface area (Å²) in [7, 11) is 0. The quantitative estimate of drug-likeness (QED) is 0.220. The highest BCUT2D eigenvalue weighted by molar-refractivity contribution is 6.05. The van der Waals surface area contributed by atoms with Crippen LogP contribution in [0.4, 0.5) is 0 Å². The molecule has 0 unspecified atom stereocenters. The van der Waals surface area contributed by atoms with Crippen LogP contribution >= 0.6 is 0 Å². The summed E-state index contributed by atoms with van der Waals surface area (Å²) in [6, 6.07) is 45.5. The molecule has 5 aromatic carbocycles. The maximum absolute atomic E-state index is 2.39. The third kappa shape index (κ3) is 4.59. The van der Waals surface area contributed by atoms with Gasteiger partial charge in [0.1, 0.15) is 0 Å². The molecule has 0 fully saturated rings. The Morgan fingerprint density at radius 3 is 1.17 bits per heavy atom. The lowest BCUT2D eigenvalue weighted by Crippen LogP contribution is -2.00. The van der Waals surface area contributed by atoms with Crippen molar-refractivity contribution in [1.82, 2.24) is 0 Å². The summed E-state index contributed by atoms with van der Waals surface area (Å²) in [4.78, 5) is 0. The predicted molar refractivity (Wildman–Crippen MR) is 157 cm³/mol. The minimum atomic E-state index is 1.21. The van der Waals surface area contributed by atoms with E-state index in [0.717, 1.165) is 0 Å². The molecule has 0 saturated heterocycles. The number of allylic oxidation sites excluding steroid dienone is 4. The van der Waals surface area contributed by atoms with Crippen molar-refractivity contribution in [3.8, 4) is 44.5 Å². The summed E-state index contributed by atoms with van der Waals surface area (Å²) in [5, 5.41) is 0. The van der Waals surface area contributed by atoms with Gasteiger partial charge in [-0.05, 0) is 75.6 Å². The third-order valence-electron chi connectivity index (χ3n) is 6.57. The Labute approximate surface area is 214 Å². The van der Waals surface area contributed by atoms with Crippen LogP contribution in [0.1, 0.15) is 19.4 Å². The zero-order valence-corrected chi connectivity index (χ0v) is 20.9. The monoisotopic (exact) mass is 462 g/mol. The van der Waals surface area contributed by atoms with E-state index in [1.807, 2.05) is 0 Å². The van der Waals surface area contributed by atoms with E-state index in [-0.39, 0.29) is 0 Å². The maximum Gasteiger partial charge on any atom is -0.00177 e. The highest BCUT2D eigenvalue weighted by Gasteiger charge is 2.23. The Balaban J connectivity index is 2.03. The van der Waals surface area contributed by atoms with Crippen LogP contribution in [0.15, 0.2) is 146 Å². The molecule has 0 bridgehead atoms. The standard InChI is InChI=1S/C36H30/c1-3-17-27(4-2)36-34(30-22-13-7-14-23-30)32(28-18-9-5-10-19-28)26-33(29-20-11-6-12-21-29)35(36)31-24-15-8-16-25-31/h3-26H,1-2H3/b17-3-,27-4+. The summed E-state index contributed by atoms with van der Waals surface area (Å²) in [5.74, 6) is 0. The van der Waals surface area contributed by atoms with Crippen molar-refractivity contribution in [2.45, 2.75) is 13.8 Å². The van der Waals surface area contributed by atoms with E-state index in [1.54, 1.807) is 0 Å². The zero-order valence-electron chi connectivity index (χ0n) is 20.9. The Kier molecular flexibility index (Phi) is 7.05. The van der Waals surface area contributed by atoms with Gasteiger partial charge in [0, 0.05) is 0 Å². The zero-order chi connectivity index (χ0) is 24.7. The van der Waals surface area contributed by atoms with Crippen molar-refractivity contribution in [2.75, 3.05) is 0 Å². The van der Waals surface area contributed by atoms with Crippen molar-refractivity contribution < 1.29 is 0 Å². The number of hydrogen-bond acceptors (Lipinski definition) is 0. The molecule has 0 radical (unpaired) electrons. The predicted octanol–water partition coefficient (Wildman–Crippen LogP) is 10.3. The first kappa shape index (κ1) is 23.3. The van der Waals surface area contributed by atoms with Gasteiger partial charge in [0.25, 0.3) is 0 Å². The molecular formula is C36H30. The molecule has 0 heterocycles. The van der Waals surface area contributed by atoms with E-state index in [2.05, 4.69) is 159 Å². The Morgan fingerprint density at radius 2 is 0.833 bits per heavy atom. The van der Waals surface area contributed by atoms with Gasteiger partial charge in [0.05, 0.1) is 0 Å². The highest BCUT2D eigenvalue weighted by Crippen LogP contribution is 2.48. The van der Waals surface area contributed by atoms with Crippen LogP contribution in [-0.4, -0.2) is 0 Å². The van der Waals surface area contributed by atoms with Gasteiger partial charge in [-0.1, -0.05) is 140 Å². The van der Waals surface area contributed by atoms with Gasteiger partial charge in [0.15, 0.2) is 0 Å². The highest BCUT2D eigenvalue weighted by atomic mass is 14.3. The topological polar surface area (TPSA) is 0 Å². The van der Waals surface area contributed by atoms with E-state index >= 15 is 0 Å². The maximum atomic E-state index is 2.39. The van der Waals surface area contributed by atoms with Gasteiger partial charge < -0.3 is 0 Å². The lowest BCUT2D eigenvalue weighted by atomic mass is 9.78.